The molecule has 1 rings (SSSR count). The summed E-state index contributed by atoms with van der Waals surface area (Å²) in [5.41, 5.74) is 0.786. The second kappa shape index (κ2) is 2.48. The van der Waals surface area contributed by atoms with E-state index in [2.05, 4.69) is 27.7 Å². The number of hydrogen-bond acceptors (Lipinski definition) is 1. The Kier molecular flexibility index (Phi) is 2.04. The molecule has 1 saturated carbocycles. The van der Waals surface area contributed by atoms with Crippen LogP contribution in [0, 0.1) is 16.7 Å². The second-order valence-corrected chi connectivity index (χ2v) is 4.62. The zero-order chi connectivity index (χ0) is 8.70. The smallest absolute Gasteiger partial charge is 0.0470 e. The summed E-state index contributed by atoms with van der Waals surface area (Å²) in [4.78, 5) is 0. The molecule has 0 aromatic heterocycles. The molecule has 0 aromatic carbocycles. The van der Waals surface area contributed by atoms with Crippen LogP contribution in [0.5, 0.6) is 0 Å². The second-order valence-electron chi connectivity index (χ2n) is 4.62. The van der Waals surface area contributed by atoms with Gasteiger partial charge >= 0.3 is 0 Å². The fourth-order valence-electron chi connectivity index (χ4n) is 2.64. The van der Waals surface area contributed by atoms with Crippen molar-refractivity contribution >= 4 is 0 Å². The molecular weight excluding hydrogens is 136 g/mol. The Hall–Kier alpha value is -0.0400. The summed E-state index contributed by atoms with van der Waals surface area (Å²) in [5, 5.41) is 9.10. The molecule has 2 unspecified atom stereocenters. The molecule has 1 aliphatic rings. The van der Waals surface area contributed by atoms with Crippen LogP contribution < -0.4 is 0 Å². The summed E-state index contributed by atoms with van der Waals surface area (Å²) in [6.45, 7) is 9.42. The van der Waals surface area contributed by atoms with Gasteiger partial charge in [0.15, 0.2) is 0 Å². The Labute approximate surface area is 69.8 Å². The lowest BCUT2D eigenvalue weighted by atomic mass is 9.93. The molecule has 0 bridgehead atoms. The van der Waals surface area contributed by atoms with Gasteiger partial charge in [0, 0.05) is 6.61 Å². The van der Waals surface area contributed by atoms with Crippen LogP contribution in [0.2, 0.25) is 0 Å². The fraction of sp³-hybridized carbons (Fsp3) is 1.00. The normalized spacial score (nSPS) is 40.6. The van der Waals surface area contributed by atoms with Gasteiger partial charge in [-0.25, -0.2) is 0 Å². The molecule has 0 heterocycles. The lowest BCUT2D eigenvalue weighted by molar-refractivity contribution is 0.246. The maximum atomic E-state index is 9.10. The monoisotopic (exact) mass is 156 g/mol. The predicted molar refractivity (Wildman–Crippen MR) is 47.4 cm³/mol. The van der Waals surface area contributed by atoms with Gasteiger partial charge in [0.05, 0.1) is 0 Å². The molecule has 1 heteroatoms. The molecule has 1 aliphatic carbocycles. The van der Waals surface area contributed by atoms with E-state index < -0.39 is 0 Å². The highest BCUT2D eigenvalue weighted by Crippen LogP contribution is 2.70. The van der Waals surface area contributed by atoms with Gasteiger partial charge in [-0.15, -0.1) is 0 Å². The molecule has 0 spiro atoms. The van der Waals surface area contributed by atoms with Gasteiger partial charge in [0.25, 0.3) is 0 Å². The first kappa shape index (κ1) is 9.05. The van der Waals surface area contributed by atoms with E-state index in [4.69, 9.17) is 5.11 Å². The minimum Gasteiger partial charge on any atom is -0.396 e. The maximum Gasteiger partial charge on any atom is 0.0470 e. The summed E-state index contributed by atoms with van der Waals surface area (Å²) in [6.07, 6.45) is 2.49. The third-order valence-electron chi connectivity index (χ3n) is 3.98. The lowest BCUT2D eigenvalue weighted by Gasteiger charge is -2.12. The van der Waals surface area contributed by atoms with Crippen LogP contribution in [0.4, 0.5) is 0 Å². The van der Waals surface area contributed by atoms with Crippen LogP contribution in [0.3, 0.4) is 0 Å². The fourth-order valence-corrected chi connectivity index (χ4v) is 2.64. The largest absolute Gasteiger partial charge is 0.396 e. The van der Waals surface area contributed by atoms with Crippen molar-refractivity contribution < 1.29 is 5.11 Å². The Bertz CT molecular complexity index is 151. The third kappa shape index (κ3) is 1.01. The van der Waals surface area contributed by atoms with E-state index in [0.717, 1.165) is 0 Å². The minimum absolute atomic E-state index is 0.365. The summed E-state index contributed by atoms with van der Waals surface area (Å²) in [6, 6.07) is 0. The zero-order valence-electron chi connectivity index (χ0n) is 8.15. The summed E-state index contributed by atoms with van der Waals surface area (Å²) < 4.78 is 0. The van der Waals surface area contributed by atoms with Crippen molar-refractivity contribution in [2.45, 2.75) is 40.5 Å². The van der Waals surface area contributed by atoms with E-state index in [1.165, 1.54) is 12.8 Å². The number of aliphatic hydroxyl groups is 1. The highest BCUT2D eigenvalue weighted by Gasteiger charge is 2.66. The van der Waals surface area contributed by atoms with Crippen LogP contribution >= 0.6 is 0 Å². The van der Waals surface area contributed by atoms with Crippen molar-refractivity contribution in [2.75, 3.05) is 6.61 Å². The van der Waals surface area contributed by atoms with E-state index in [-0.39, 0.29) is 0 Å². The summed E-state index contributed by atoms with van der Waals surface area (Å²) in [7, 11) is 0. The van der Waals surface area contributed by atoms with Crippen LogP contribution in [0.1, 0.15) is 40.5 Å². The van der Waals surface area contributed by atoms with Crippen LogP contribution in [-0.2, 0) is 0 Å². The lowest BCUT2D eigenvalue weighted by Crippen LogP contribution is -2.02. The Morgan fingerprint density at radius 1 is 1.27 bits per heavy atom. The first-order chi connectivity index (χ1) is 5.00. The van der Waals surface area contributed by atoms with Crippen LogP contribution in [-0.4, -0.2) is 11.7 Å². The average molecular weight is 156 g/mol. The molecule has 1 fully saturated rings. The van der Waals surface area contributed by atoms with Gasteiger partial charge in [-0.2, -0.15) is 0 Å². The summed E-state index contributed by atoms with van der Waals surface area (Å²) >= 11 is 0. The molecule has 1 N–H and O–H groups in total. The van der Waals surface area contributed by atoms with Gasteiger partial charge in [-0.1, -0.05) is 34.1 Å². The van der Waals surface area contributed by atoms with Crippen molar-refractivity contribution in [2.24, 2.45) is 16.7 Å². The topological polar surface area (TPSA) is 20.2 Å². The number of aliphatic hydroxyl groups excluding tert-OH is 1. The van der Waals surface area contributed by atoms with E-state index in [9.17, 15) is 0 Å². The standard InChI is InChI=1S/C10H20O/c1-5-6-10(4)8(7-11)9(10,2)3/h8,11H,5-7H2,1-4H3. The molecule has 0 aliphatic heterocycles. The van der Waals surface area contributed by atoms with E-state index in [1.54, 1.807) is 0 Å². The molecule has 1 nitrogen and oxygen atoms in total. The SMILES string of the molecule is CCCC1(C)C(CO)C1(C)C. The van der Waals surface area contributed by atoms with Crippen molar-refractivity contribution in [3.05, 3.63) is 0 Å². The Morgan fingerprint density at radius 2 is 1.82 bits per heavy atom. The highest BCUT2D eigenvalue weighted by molar-refractivity contribution is 5.13. The van der Waals surface area contributed by atoms with Gasteiger partial charge in [0.2, 0.25) is 0 Å². The van der Waals surface area contributed by atoms with Crippen LogP contribution in [0.25, 0.3) is 0 Å². The highest BCUT2D eigenvalue weighted by atomic mass is 16.3. The molecular formula is C10H20O. The van der Waals surface area contributed by atoms with Gasteiger partial charge in [0.1, 0.15) is 0 Å². The van der Waals surface area contributed by atoms with Gasteiger partial charge in [-0.05, 0) is 23.2 Å². The maximum absolute atomic E-state index is 9.10. The van der Waals surface area contributed by atoms with Crippen molar-refractivity contribution in [1.82, 2.24) is 0 Å². The quantitative estimate of drug-likeness (QED) is 0.665. The molecule has 0 aromatic rings. The first-order valence-electron chi connectivity index (χ1n) is 4.61. The van der Waals surface area contributed by atoms with Crippen molar-refractivity contribution in [3.8, 4) is 0 Å². The molecule has 0 radical (unpaired) electrons. The third-order valence-corrected chi connectivity index (χ3v) is 3.98. The Balaban J connectivity index is 2.61. The first-order valence-corrected chi connectivity index (χ1v) is 4.61. The van der Waals surface area contributed by atoms with Gasteiger partial charge < -0.3 is 5.11 Å². The molecule has 66 valence electrons. The molecule has 0 saturated heterocycles. The zero-order valence-corrected chi connectivity index (χ0v) is 8.15. The Morgan fingerprint density at radius 3 is 2.09 bits per heavy atom. The van der Waals surface area contributed by atoms with E-state index in [0.29, 0.717) is 23.4 Å². The molecule has 0 amide bonds. The molecule has 2 atom stereocenters. The number of hydrogen-bond donors (Lipinski definition) is 1. The van der Waals surface area contributed by atoms with E-state index in [1.807, 2.05) is 0 Å². The van der Waals surface area contributed by atoms with Crippen LogP contribution in [0.15, 0.2) is 0 Å². The average Bonchev–Trinajstić information content (AvgIpc) is 2.28. The van der Waals surface area contributed by atoms with Crippen molar-refractivity contribution in [3.63, 3.8) is 0 Å². The van der Waals surface area contributed by atoms with Crippen molar-refractivity contribution in [1.29, 1.82) is 0 Å². The van der Waals surface area contributed by atoms with Gasteiger partial charge in [-0.3, -0.25) is 0 Å². The predicted octanol–water partition coefficient (Wildman–Crippen LogP) is 2.44. The molecule has 11 heavy (non-hydrogen) atoms. The van der Waals surface area contributed by atoms with E-state index >= 15 is 0 Å². The summed E-state index contributed by atoms with van der Waals surface area (Å²) in [5.74, 6) is 0.537. The number of rotatable bonds is 3. The minimum atomic E-state index is 0.365.